The highest BCUT2D eigenvalue weighted by Gasteiger charge is 2.19. The normalized spacial score (nSPS) is 17.5. The van der Waals surface area contributed by atoms with Gasteiger partial charge in [-0.05, 0) is 17.7 Å². The van der Waals surface area contributed by atoms with Crippen LogP contribution in [-0.4, -0.2) is 54.2 Å². The first kappa shape index (κ1) is 18.9. The van der Waals surface area contributed by atoms with Crippen molar-refractivity contribution in [3.05, 3.63) is 23.8 Å². The SMILES string of the molecule is COc1cc(CN(C)C(=O)CC2CSCCN2)ccc1O.Cl. The number of amides is 1. The summed E-state index contributed by atoms with van der Waals surface area (Å²) < 4.78 is 5.08. The van der Waals surface area contributed by atoms with Gasteiger partial charge in [0.25, 0.3) is 0 Å². The summed E-state index contributed by atoms with van der Waals surface area (Å²) in [6.07, 6.45) is 0.527. The van der Waals surface area contributed by atoms with Gasteiger partial charge < -0.3 is 20.1 Å². The predicted molar refractivity (Wildman–Crippen MR) is 92.1 cm³/mol. The van der Waals surface area contributed by atoms with Crippen molar-refractivity contribution in [2.75, 3.05) is 32.2 Å². The lowest BCUT2D eigenvalue weighted by Gasteiger charge is -2.25. The molecular formula is C15H23ClN2O3S. The van der Waals surface area contributed by atoms with Crippen LogP contribution < -0.4 is 10.1 Å². The first-order valence-corrected chi connectivity index (χ1v) is 8.16. The lowest BCUT2D eigenvalue weighted by molar-refractivity contribution is -0.130. The second kappa shape index (κ2) is 9.12. The van der Waals surface area contributed by atoms with Gasteiger partial charge >= 0.3 is 0 Å². The molecule has 22 heavy (non-hydrogen) atoms. The number of hydrogen-bond acceptors (Lipinski definition) is 5. The molecule has 0 bridgehead atoms. The van der Waals surface area contributed by atoms with E-state index in [2.05, 4.69) is 5.32 Å². The Morgan fingerprint density at radius 3 is 2.95 bits per heavy atom. The summed E-state index contributed by atoms with van der Waals surface area (Å²) in [7, 11) is 3.32. The Morgan fingerprint density at radius 2 is 2.32 bits per heavy atom. The fourth-order valence-electron chi connectivity index (χ4n) is 2.30. The van der Waals surface area contributed by atoms with Crippen molar-refractivity contribution in [2.24, 2.45) is 0 Å². The number of nitrogens with zero attached hydrogens (tertiary/aromatic N) is 1. The minimum atomic E-state index is 0. The molecule has 5 nitrogen and oxygen atoms in total. The van der Waals surface area contributed by atoms with Gasteiger partial charge in [-0.2, -0.15) is 11.8 Å². The minimum Gasteiger partial charge on any atom is -0.504 e. The molecule has 1 saturated heterocycles. The van der Waals surface area contributed by atoms with E-state index in [1.165, 1.54) is 7.11 Å². The van der Waals surface area contributed by atoms with Crippen LogP contribution in [0.2, 0.25) is 0 Å². The number of nitrogens with one attached hydrogen (secondary N) is 1. The molecule has 1 unspecified atom stereocenters. The molecule has 1 amide bonds. The van der Waals surface area contributed by atoms with Gasteiger partial charge in [0.15, 0.2) is 11.5 Å². The fourth-order valence-corrected chi connectivity index (χ4v) is 3.25. The molecule has 7 heteroatoms. The zero-order valence-corrected chi connectivity index (χ0v) is 14.5. The van der Waals surface area contributed by atoms with Gasteiger partial charge in [0.05, 0.1) is 7.11 Å². The predicted octanol–water partition coefficient (Wildman–Crippen LogP) is 1.88. The van der Waals surface area contributed by atoms with Crippen LogP contribution in [0.5, 0.6) is 11.5 Å². The number of hydrogen-bond donors (Lipinski definition) is 2. The minimum absolute atomic E-state index is 0. The zero-order chi connectivity index (χ0) is 15.2. The van der Waals surface area contributed by atoms with Gasteiger partial charge in [-0.15, -0.1) is 12.4 Å². The van der Waals surface area contributed by atoms with E-state index >= 15 is 0 Å². The van der Waals surface area contributed by atoms with Crippen LogP contribution in [-0.2, 0) is 11.3 Å². The van der Waals surface area contributed by atoms with E-state index in [1.54, 1.807) is 30.1 Å². The molecule has 124 valence electrons. The third kappa shape index (κ3) is 5.26. The van der Waals surface area contributed by atoms with E-state index < -0.39 is 0 Å². The summed E-state index contributed by atoms with van der Waals surface area (Å²) in [6.45, 7) is 1.48. The molecule has 1 aromatic rings. The van der Waals surface area contributed by atoms with Crippen molar-refractivity contribution in [3.63, 3.8) is 0 Å². The number of carbonyl (C=O) groups is 1. The van der Waals surface area contributed by atoms with E-state index in [4.69, 9.17) is 4.74 Å². The summed E-state index contributed by atoms with van der Waals surface area (Å²) >= 11 is 1.89. The van der Waals surface area contributed by atoms with Crippen molar-refractivity contribution < 1.29 is 14.6 Å². The quantitative estimate of drug-likeness (QED) is 0.852. The molecular weight excluding hydrogens is 324 g/mol. The highest BCUT2D eigenvalue weighted by atomic mass is 35.5. The first-order valence-electron chi connectivity index (χ1n) is 7.01. The summed E-state index contributed by atoms with van der Waals surface area (Å²) in [5, 5.41) is 13.0. The van der Waals surface area contributed by atoms with Crippen LogP contribution in [0.4, 0.5) is 0 Å². The van der Waals surface area contributed by atoms with Crippen LogP contribution in [0.1, 0.15) is 12.0 Å². The Kier molecular flexibility index (Phi) is 7.85. The van der Waals surface area contributed by atoms with Gasteiger partial charge in [-0.25, -0.2) is 0 Å². The topological polar surface area (TPSA) is 61.8 Å². The van der Waals surface area contributed by atoms with Gasteiger partial charge in [-0.3, -0.25) is 4.79 Å². The standard InChI is InChI=1S/C15H22N2O3S.ClH/c1-17(15(19)8-12-10-21-6-5-16-12)9-11-3-4-13(18)14(7-11)20-2;/h3-4,7,12,16,18H,5-6,8-10H2,1-2H3;1H. The van der Waals surface area contributed by atoms with Gasteiger partial charge in [0.2, 0.25) is 5.91 Å². The Balaban J connectivity index is 0.00000242. The largest absolute Gasteiger partial charge is 0.504 e. The number of carbonyl (C=O) groups excluding carboxylic acids is 1. The maximum atomic E-state index is 12.2. The van der Waals surface area contributed by atoms with E-state index in [9.17, 15) is 9.90 Å². The average Bonchev–Trinajstić information content (AvgIpc) is 2.50. The molecule has 1 aromatic carbocycles. The smallest absolute Gasteiger partial charge is 0.224 e. The molecule has 1 atom stereocenters. The number of phenolic OH excluding ortho intramolecular Hbond substituents is 1. The van der Waals surface area contributed by atoms with Gasteiger partial charge in [-0.1, -0.05) is 6.07 Å². The summed E-state index contributed by atoms with van der Waals surface area (Å²) in [5.74, 6) is 2.78. The van der Waals surface area contributed by atoms with Crippen molar-refractivity contribution in [2.45, 2.75) is 19.0 Å². The Hall–Kier alpha value is -1.11. The molecule has 1 aliphatic rings. The summed E-state index contributed by atoms with van der Waals surface area (Å²) in [4.78, 5) is 13.9. The molecule has 1 heterocycles. The summed E-state index contributed by atoms with van der Waals surface area (Å²) in [6, 6.07) is 5.42. The van der Waals surface area contributed by atoms with Crippen LogP contribution in [0, 0.1) is 0 Å². The number of benzene rings is 1. The van der Waals surface area contributed by atoms with E-state index in [0.717, 1.165) is 23.6 Å². The molecule has 2 rings (SSSR count). The number of thioether (sulfide) groups is 1. The number of methoxy groups -OCH3 is 1. The van der Waals surface area contributed by atoms with Crippen LogP contribution in [0.15, 0.2) is 18.2 Å². The van der Waals surface area contributed by atoms with E-state index in [0.29, 0.717) is 18.7 Å². The number of halogens is 1. The molecule has 0 spiro atoms. The van der Waals surface area contributed by atoms with Crippen LogP contribution in [0.3, 0.4) is 0 Å². The molecule has 0 saturated carbocycles. The number of phenols is 1. The molecule has 1 aliphatic heterocycles. The second-order valence-electron chi connectivity index (χ2n) is 5.19. The van der Waals surface area contributed by atoms with E-state index in [1.807, 2.05) is 11.8 Å². The fraction of sp³-hybridized carbons (Fsp3) is 0.533. The molecule has 1 fully saturated rings. The van der Waals surface area contributed by atoms with Crippen molar-refractivity contribution >= 4 is 30.1 Å². The number of aromatic hydroxyl groups is 1. The number of rotatable bonds is 5. The lowest BCUT2D eigenvalue weighted by atomic mass is 10.1. The highest BCUT2D eigenvalue weighted by Crippen LogP contribution is 2.26. The second-order valence-corrected chi connectivity index (χ2v) is 6.34. The molecule has 0 radical (unpaired) electrons. The third-order valence-electron chi connectivity index (χ3n) is 3.51. The zero-order valence-electron chi connectivity index (χ0n) is 12.9. The van der Waals surface area contributed by atoms with Crippen molar-refractivity contribution in [1.82, 2.24) is 10.2 Å². The molecule has 2 N–H and O–H groups in total. The third-order valence-corrected chi connectivity index (χ3v) is 4.64. The van der Waals surface area contributed by atoms with Crippen molar-refractivity contribution in [3.8, 4) is 11.5 Å². The Labute approximate surface area is 141 Å². The molecule has 0 aromatic heterocycles. The van der Waals surface area contributed by atoms with Crippen molar-refractivity contribution in [1.29, 1.82) is 0 Å². The number of ether oxygens (including phenoxy) is 1. The van der Waals surface area contributed by atoms with Gasteiger partial charge in [0.1, 0.15) is 0 Å². The van der Waals surface area contributed by atoms with Crippen LogP contribution >= 0.6 is 24.2 Å². The maximum Gasteiger partial charge on any atom is 0.224 e. The van der Waals surface area contributed by atoms with Crippen LogP contribution in [0.25, 0.3) is 0 Å². The van der Waals surface area contributed by atoms with E-state index in [-0.39, 0.29) is 30.1 Å². The average molecular weight is 347 g/mol. The highest BCUT2D eigenvalue weighted by molar-refractivity contribution is 7.99. The Bertz CT molecular complexity index is 496. The first-order chi connectivity index (χ1) is 10.1. The monoisotopic (exact) mass is 346 g/mol. The lowest BCUT2D eigenvalue weighted by Crippen LogP contribution is -2.41. The molecule has 0 aliphatic carbocycles. The maximum absolute atomic E-state index is 12.2. The van der Waals surface area contributed by atoms with Gasteiger partial charge in [0, 0.05) is 44.1 Å². The Morgan fingerprint density at radius 1 is 1.55 bits per heavy atom. The summed E-state index contributed by atoms with van der Waals surface area (Å²) in [5.41, 5.74) is 0.937.